The highest BCUT2D eigenvalue weighted by Gasteiger charge is 2.45. The van der Waals surface area contributed by atoms with Gasteiger partial charge in [0.05, 0.1) is 10.3 Å². The molecule has 2 aromatic rings. The molecule has 2 aliphatic rings. The fourth-order valence-corrected chi connectivity index (χ4v) is 5.50. The minimum atomic E-state index is -3.60. The SMILES string of the molecule is Cc1cc(NC(=O)CN2C(=O)C(C)(C)c3cc(S(=O)(=O)N4CCCC4)ccc32)no1. The smallest absolute Gasteiger partial charge is 0.245 e. The molecule has 0 atom stereocenters. The average Bonchev–Trinajstić information content (AvgIpc) is 3.40. The Kier molecular flexibility index (Phi) is 4.94. The molecule has 9 nitrogen and oxygen atoms in total. The number of anilines is 2. The van der Waals surface area contributed by atoms with Gasteiger partial charge < -0.3 is 14.7 Å². The van der Waals surface area contributed by atoms with E-state index < -0.39 is 21.3 Å². The van der Waals surface area contributed by atoms with Crippen LogP contribution in [0.15, 0.2) is 33.7 Å². The van der Waals surface area contributed by atoms with E-state index in [4.69, 9.17) is 4.52 Å². The van der Waals surface area contributed by atoms with E-state index in [1.807, 2.05) is 0 Å². The van der Waals surface area contributed by atoms with Crippen molar-refractivity contribution in [3.8, 4) is 0 Å². The van der Waals surface area contributed by atoms with Crippen LogP contribution in [0.2, 0.25) is 0 Å². The number of nitrogens with zero attached hydrogens (tertiary/aromatic N) is 3. The van der Waals surface area contributed by atoms with Crippen LogP contribution in [-0.2, 0) is 25.0 Å². The van der Waals surface area contributed by atoms with Crippen LogP contribution < -0.4 is 10.2 Å². The van der Waals surface area contributed by atoms with Crippen molar-refractivity contribution in [3.05, 3.63) is 35.6 Å². The molecule has 2 aliphatic heterocycles. The maximum Gasteiger partial charge on any atom is 0.245 e. The number of rotatable bonds is 5. The van der Waals surface area contributed by atoms with E-state index in [9.17, 15) is 18.0 Å². The van der Waals surface area contributed by atoms with Gasteiger partial charge in [0, 0.05) is 24.8 Å². The monoisotopic (exact) mass is 432 g/mol. The van der Waals surface area contributed by atoms with Gasteiger partial charge in [-0.3, -0.25) is 9.59 Å². The van der Waals surface area contributed by atoms with Gasteiger partial charge in [0.1, 0.15) is 12.3 Å². The Morgan fingerprint density at radius 3 is 2.57 bits per heavy atom. The quantitative estimate of drug-likeness (QED) is 0.774. The third kappa shape index (κ3) is 3.39. The van der Waals surface area contributed by atoms with Crippen molar-refractivity contribution in [1.29, 1.82) is 0 Å². The Morgan fingerprint density at radius 1 is 1.23 bits per heavy atom. The van der Waals surface area contributed by atoms with Crippen molar-refractivity contribution in [2.75, 3.05) is 29.9 Å². The third-order valence-electron chi connectivity index (χ3n) is 5.61. The summed E-state index contributed by atoms with van der Waals surface area (Å²) in [5.41, 5.74) is 0.186. The molecule has 30 heavy (non-hydrogen) atoms. The Balaban J connectivity index is 1.62. The number of carbonyl (C=O) groups is 2. The summed E-state index contributed by atoms with van der Waals surface area (Å²) in [6.45, 7) is 5.99. The minimum absolute atomic E-state index is 0.174. The van der Waals surface area contributed by atoms with E-state index >= 15 is 0 Å². The van der Waals surface area contributed by atoms with Gasteiger partial charge in [-0.25, -0.2) is 8.42 Å². The molecule has 1 fully saturated rings. The summed E-state index contributed by atoms with van der Waals surface area (Å²) in [6.07, 6.45) is 1.70. The molecule has 0 saturated carbocycles. The van der Waals surface area contributed by atoms with Gasteiger partial charge in [0.15, 0.2) is 5.82 Å². The Hall–Kier alpha value is -2.72. The third-order valence-corrected chi connectivity index (χ3v) is 7.51. The fourth-order valence-electron chi connectivity index (χ4n) is 3.96. The first-order valence-electron chi connectivity index (χ1n) is 9.80. The maximum absolute atomic E-state index is 13.0. The van der Waals surface area contributed by atoms with Crippen LogP contribution in [0.4, 0.5) is 11.5 Å². The minimum Gasteiger partial charge on any atom is -0.360 e. The number of aromatic nitrogens is 1. The van der Waals surface area contributed by atoms with E-state index in [1.165, 1.54) is 15.3 Å². The zero-order valence-corrected chi connectivity index (χ0v) is 18.0. The van der Waals surface area contributed by atoms with Crippen LogP contribution in [0.25, 0.3) is 0 Å². The summed E-state index contributed by atoms with van der Waals surface area (Å²) in [5, 5.41) is 6.32. The summed E-state index contributed by atoms with van der Waals surface area (Å²) >= 11 is 0. The molecule has 0 unspecified atom stereocenters. The summed E-state index contributed by atoms with van der Waals surface area (Å²) in [6, 6.07) is 6.27. The lowest BCUT2D eigenvalue weighted by atomic mass is 9.86. The fraction of sp³-hybridized carbons (Fsp3) is 0.450. The molecule has 4 rings (SSSR count). The van der Waals surface area contributed by atoms with Crippen LogP contribution in [-0.4, -0.2) is 49.3 Å². The number of benzene rings is 1. The van der Waals surface area contributed by atoms with Gasteiger partial charge in [-0.05, 0) is 57.4 Å². The summed E-state index contributed by atoms with van der Waals surface area (Å²) in [5.74, 6) is 0.144. The van der Waals surface area contributed by atoms with Crippen molar-refractivity contribution < 1.29 is 22.5 Å². The molecule has 0 aliphatic carbocycles. The molecule has 160 valence electrons. The topological polar surface area (TPSA) is 113 Å². The van der Waals surface area contributed by atoms with Crippen LogP contribution in [0, 0.1) is 6.92 Å². The summed E-state index contributed by atoms with van der Waals surface area (Å²) in [4.78, 5) is 27.1. The number of amides is 2. The van der Waals surface area contributed by atoms with Crippen molar-refractivity contribution in [3.63, 3.8) is 0 Å². The second-order valence-electron chi connectivity index (χ2n) is 8.18. The van der Waals surface area contributed by atoms with Crippen molar-refractivity contribution in [2.24, 2.45) is 0 Å². The molecule has 3 heterocycles. The Labute approximate surface area is 175 Å². The Bertz CT molecular complexity index is 1120. The van der Waals surface area contributed by atoms with Crippen molar-refractivity contribution >= 4 is 33.3 Å². The first kappa shape index (κ1) is 20.5. The zero-order valence-electron chi connectivity index (χ0n) is 17.1. The van der Waals surface area contributed by atoms with Crippen LogP contribution in [0.3, 0.4) is 0 Å². The number of aryl methyl sites for hydroxylation is 1. The van der Waals surface area contributed by atoms with E-state index in [1.54, 1.807) is 39.0 Å². The van der Waals surface area contributed by atoms with E-state index in [2.05, 4.69) is 10.5 Å². The molecule has 1 aromatic carbocycles. The number of hydrogen-bond donors (Lipinski definition) is 1. The molecule has 1 saturated heterocycles. The molecule has 1 N–H and O–H groups in total. The number of hydrogen-bond acceptors (Lipinski definition) is 6. The highest BCUT2D eigenvalue weighted by molar-refractivity contribution is 7.89. The Morgan fingerprint density at radius 2 is 1.93 bits per heavy atom. The number of fused-ring (bicyclic) bond motifs is 1. The van der Waals surface area contributed by atoms with Gasteiger partial charge >= 0.3 is 0 Å². The maximum atomic E-state index is 13.0. The molecule has 0 spiro atoms. The summed E-state index contributed by atoms with van der Waals surface area (Å²) < 4.78 is 32.3. The molecule has 0 radical (unpaired) electrons. The predicted molar refractivity (Wildman–Crippen MR) is 110 cm³/mol. The van der Waals surface area contributed by atoms with Gasteiger partial charge in [-0.1, -0.05) is 5.16 Å². The largest absolute Gasteiger partial charge is 0.360 e. The van der Waals surface area contributed by atoms with Gasteiger partial charge in [0.2, 0.25) is 21.8 Å². The van der Waals surface area contributed by atoms with Gasteiger partial charge in [0.25, 0.3) is 0 Å². The van der Waals surface area contributed by atoms with Crippen molar-refractivity contribution in [1.82, 2.24) is 9.46 Å². The van der Waals surface area contributed by atoms with Crippen molar-refractivity contribution in [2.45, 2.75) is 43.9 Å². The number of nitrogens with one attached hydrogen (secondary N) is 1. The zero-order chi connectivity index (χ0) is 21.7. The standard InChI is InChI=1S/C20H24N4O5S/c1-13-10-17(22-29-13)21-18(25)12-24-16-7-6-14(11-15(16)20(2,3)19(24)26)30(27,28)23-8-4-5-9-23/h6-7,10-11H,4-5,8-9,12H2,1-3H3,(H,21,22,25). The lowest BCUT2D eigenvalue weighted by molar-refractivity contribution is -0.124. The van der Waals surface area contributed by atoms with Crippen LogP contribution in [0.5, 0.6) is 0 Å². The van der Waals surface area contributed by atoms with E-state index in [-0.39, 0.29) is 23.2 Å². The second kappa shape index (κ2) is 7.21. The molecule has 2 amide bonds. The van der Waals surface area contributed by atoms with E-state index in [0.717, 1.165) is 12.8 Å². The summed E-state index contributed by atoms with van der Waals surface area (Å²) in [7, 11) is -3.60. The second-order valence-corrected chi connectivity index (χ2v) is 10.1. The first-order valence-corrected chi connectivity index (χ1v) is 11.2. The van der Waals surface area contributed by atoms with Crippen LogP contribution >= 0.6 is 0 Å². The first-order chi connectivity index (χ1) is 14.1. The highest BCUT2D eigenvalue weighted by atomic mass is 32.2. The molecular weight excluding hydrogens is 408 g/mol. The molecular formula is C20H24N4O5S. The molecule has 0 bridgehead atoms. The average molecular weight is 433 g/mol. The predicted octanol–water partition coefficient (Wildman–Crippen LogP) is 2.03. The number of carbonyl (C=O) groups excluding carboxylic acids is 2. The van der Waals surface area contributed by atoms with E-state index in [0.29, 0.717) is 30.1 Å². The molecule has 10 heteroatoms. The van der Waals surface area contributed by atoms with Gasteiger partial charge in [-0.15, -0.1) is 0 Å². The normalized spacial score (nSPS) is 18.6. The lowest BCUT2D eigenvalue weighted by Crippen LogP contribution is -2.40. The van der Waals surface area contributed by atoms with Crippen LogP contribution in [0.1, 0.15) is 38.0 Å². The van der Waals surface area contributed by atoms with Gasteiger partial charge in [-0.2, -0.15) is 4.31 Å². The number of sulfonamides is 1. The lowest BCUT2D eigenvalue weighted by Gasteiger charge is -2.19. The highest BCUT2D eigenvalue weighted by Crippen LogP contribution is 2.42. The molecule has 1 aromatic heterocycles.